The largest absolute Gasteiger partial charge is 0.0769 e. The van der Waals surface area contributed by atoms with E-state index in [0.29, 0.717) is 5.92 Å². The molecule has 0 heterocycles. The Morgan fingerprint density at radius 3 is 2.24 bits per heavy atom. The summed E-state index contributed by atoms with van der Waals surface area (Å²) in [6.07, 6.45) is 20.9. The zero-order valence-corrected chi connectivity index (χ0v) is 24.1. The van der Waals surface area contributed by atoms with E-state index in [1.165, 1.54) is 73.0 Å². The second-order valence-electron chi connectivity index (χ2n) is 13.3. The Morgan fingerprint density at radius 2 is 1.33 bits per heavy atom. The monoisotopic (exact) mass is 538 g/mol. The van der Waals surface area contributed by atoms with Gasteiger partial charge in [0.1, 0.15) is 0 Å². The van der Waals surface area contributed by atoms with Crippen molar-refractivity contribution in [1.82, 2.24) is 0 Å². The first-order chi connectivity index (χ1) is 20.8. The molecule has 0 aliphatic heterocycles. The van der Waals surface area contributed by atoms with Crippen LogP contribution in [0.15, 0.2) is 95.6 Å². The Hall–Kier alpha value is -4.16. The molecule has 42 heavy (non-hydrogen) atoms. The number of hydrogen-bond acceptors (Lipinski definition) is 0. The van der Waals surface area contributed by atoms with Gasteiger partial charge in [-0.05, 0) is 156 Å². The van der Waals surface area contributed by atoms with Crippen molar-refractivity contribution in [2.45, 2.75) is 63.7 Å². The topological polar surface area (TPSA) is 0 Å². The van der Waals surface area contributed by atoms with Crippen LogP contribution >= 0.6 is 0 Å². The molecule has 5 aliphatic carbocycles. The average molecular weight is 539 g/mol. The van der Waals surface area contributed by atoms with Crippen LogP contribution in [-0.4, -0.2) is 0 Å². The second kappa shape index (κ2) is 8.68. The summed E-state index contributed by atoms with van der Waals surface area (Å²) in [5.74, 6) is 0.707. The Morgan fingerprint density at radius 1 is 0.571 bits per heavy atom. The molecule has 1 atom stereocenters. The molecular formula is C42H34. The fraction of sp³-hybridized carbons (Fsp3) is 0.238. The summed E-state index contributed by atoms with van der Waals surface area (Å²) < 4.78 is 0. The summed E-state index contributed by atoms with van der Waals surface area (Å²) in [6, 6.07) is 25.8. The van der Waals surface area contributed by atoms with Gasteiger partial charge in [-0.15, -0.1) is 0 Å². The van der Waals surface area contributed by atoms with E-state index >= 15 is 0 Å². The maximum Gasteiger partial charge on any atom is -0.00300 e. The third kappa shape index (κ3) is 3.24. The van der Waals surface area contributed by atoms with Crippen molar-refractivity contribution in [2.75, 3.05) is 0 Å². The minimum atomic E-state index is 0.707. The van der Waals surface area contributed by atoms with Gasteiger partial charge in [0, 0.05) is 0 Å². The van der Waals surface area contributed by atoms with Crippen molar-refractivity contribution in [3.63, 3.8) is 0 Å². The zero-order chi connectivity index (χ0) is 27.4. The lowest BCUT2D eigenvalue weighted by Gasteiger charge is -2.29. The minimum absolute atomic E-state index is 0.707. The van der Waals surface area contributed by atoms with Crippen LogP contribution in [0.4, 0.5) is 0 Å². The SMILES string of the molecule is C1=C(C2=c3ccc4cccc5ccc(c3c54)CC2)CCC2=C1CCC(c1ccc3ccc4c5c3c1=CCC5CCC=4)=C2. The first kappa shape index (κ1) is 23.4. The molecule has 0 heteroatoms. The van der Waals surface area contributed by atoms with Crippen LogP contribution in [0, 0.1) is 0 Å². The molecule has 5 aliphatic rings. The van der Waals surface area contributed by atoms with Crippen LogP contribution in [-0.2, 0) is 6.42 Å². The van der Waals surface area contributed by atoms with Gasteiger partial charge in [-0.25, -0.2) is 0 Å². The van der Waals surface area contributed by atoms with Gasteiger partial charge in [-0.2, -0.15) is 0 Å². The van der Waals surface area contributed by atoms with E-state index in [-0.39, 0.29) is 0 Å². The summed E-state index contributed by atoms with van der Waals surface area (Å²) in [4.78, 5) is 0. The molecular weight excluding hydrogens is 504 g/mol. The first-order valence-corrected chi connectivity index (χ1v) is 16.2. The van der Waals surface area contributed by atoms with Crippen molar-refractivity contribution in [3.05, 3.63) is 128 Å². The molecule has 0 amide bonds. The number of rotatable bonds is 2. The van der Waals surface area contributed by atoms with Crippen molar-refractivity contribution >= 4 is 55.6 Å². The smallest absolute Gasteiger partial charge is 0.00300 e. The van der Waals surface area contributed by atoms with Crippen LogP contribution in [0.1, 0.15) is 74.0 Å². The Kier molecular flexibility index (Phi) is 4.84. The van der Waals surface area contributed by atoms with Gasteiger partial charge in [0.2, 0.25) is 0 Å². The summed E-state index contributed by atoms with van der Waals surface area (Å²) >= 11 is 0. The Labute approximate surface area is 246 Å². The number of benzene rings is 5. The third-order valence-electron chi connectivity index (χ3n) is 11.2. The highest BCUT2D eigenvalue weighted by atomic mass is 14.3. The molecule has 202 valence electrons. The molecule has 1 unspecified atom stereocenters. The van der Waals surface area contributed by atoms with Gasteiger partial charge in [-0.3, -0.25) is 0 Å². The van der Waals surface area contributed by atoms with Crippen LogP contribution in [0.5, 0.6) is 0 Å². The summed E-state index contributed by atoms with van der Waals surface area (Å²) in [6.45, 7) is 0. The second-order valence-corrected chi connectivity index (χ2v) is 13.3. The molecule has 0 spiro atoms. The molecule has 5 aromatic rings. The highest BCUT2D eigenvalue weighted by Crippen LogP contribution is 2.41. The third-order valence-corrected chi connectivity index (χ3v) is 11.2. The fourth-order valence-electron chi connectivity index (χ4n) is 9.23. The lowest BCUT2D eigenvalue weighted by molar-refractivity contribution is 0.646. The van der Waals surface area contributed by atoms with Crippen LogP contribution in [0.25, 0.3) is 55.6 Å². The molecule has 10 rings (SSSR count). The van der Waals surface area contributed by atoms with E-state index in [1.807, 2.05) is 0 Å². The Balaban J connectivity index is 1.10. The highest BCUT2D eigenvalue weighted by Gasteiger charge is 2.26. The summed E-state index contributed by atoms with van der Waals surface area (Å²) in [5, 5.41) is 13.2. The molecule has 5 aromatic carbocycles. The summed E-state index contributed by atoms with van der Waals surface area (Å²) in [5.41, 5.74) is 12.6. The van der Waals surface area contributed by atoms with Crippen LogP contribution in [0.2, 0.25) is 0 Å². The minimum Gasteiger partial charge on any atom is -0.0769 e. The van der Waals surface area contributed by atoms with Crippen LogP contribution in [0.3, 0.4) is 0 Å². The predicted octanol–water partition coefficient (Wildman–Crippen LogP) is 8.70. The summed E-state index contributed by atoms with van der Waals surface area (Å²) in [7, 11) is 0. The predicted molar refractivity (Wildman–Crippen MR) is 179 cm³/mol. The molecule has 0 saturated carbocycles. The van der Waals surface area contributed by atoms with Gasteiger partial charge in [0.15, 0.2) is 0 Å². The number of hydrogen-bond donors (Lipinski definition) is 0. The Bertz CT molecular complexity index is 2300. The lowest BCUT2D eigenvalue weighted by atomic mass is 9.76. The van der Waals surface area contributed by atoms with Crippen molar-refractivity contribution in [1.29, 1.82) is 0 Å². The van der Waals surface area contributed by atoms with E-state index < -0.39 is 0 Å². The molecule has 0 bridgehead atoms. The highest BCUT2D eigenvalue weighted by molar-refractivity contribution is 6.12. The quantitative estimate of drug-likeness (QED) is 0.211. The van der Waals surface area contributed by atoms with E-state index in [0.717, 1.165) is 38.5 Å². The molecule has 0 radical (unpaired) electrons. The van der Waals surface area contributed by atoms with Crippen LogP contribution < -0.4 is 15.7 Å². The van der Waals surface area contributed by atoms with Crippen molar-refractivity contribution < 1.29 is 0 Å². The average Bonchev–Trinajstić information content (AvgIpc) is 3.05. The van der Waals surface area contributed by atoms with Gasteiger partial charge >= 0.3 is 0 Å². The van der Waals surface area contributed by atoms with Gasteiger partial charge in [-0.1, -0.05) is 91.0 Å². The fourth-order valence-corrected chi connectivity index (χ4v) is 9.23. The van der Waals surface area contributed by atoms with Crippen molar-refractivity contribution in [2.24, 2.45) is 0 Å². The maximum absolute atomic E-state index is 2.60. The van der Waals surface area contributed by atoms with E-state index in [9.17, 15) is 0 Å². The van der Waals surface area contributed by atoms with Gasteiger partial charge in [0.25, 0.3) is 0 Å². The number of allylic oxidation sites excluding steroid dienone is 6. The number of aryl methyl sites for hydroxylation is 1. The lowest BCUT2D eigenvalue weighted by Crippen LogP contribution is -2.26. The van der Waals surface area contributed by atoms with E-state index in [4.69, 9.17) is 0 Å². The molecule has 0 aromatic heterocycles. The zero-order valence-electron chi connectivity index (χ0n) is 24.1. The molecule has 0 fully saturated rings. The van der Waals surface area contributed by atoms with Gasteiger partial charge in [0.05, 0.1) is 0 Å². The maximum atomic E-state index is 2.60. The first-order valence-electron chi connectivity index (χ1n) is 16.2. The van der Waals surface area contributed by atoms with Crippen molar-refractivity contribution in [3.8, 4) is 0 Å². The molecule has 0 saturated heterocycles. The standard InChI is InChI=1S/C42H34/c1-3-25-7-9-29-15-19-35(37-21-17-27(5-1)39(25)41(29)37)33-13-11-32-24-34(14-12-31(32)23-33)36-20-16-30-10-8-26-4-2-6-28-18-22-38(36)42(30)40(26)28/h1,3-5,7-10,16-17,20-24,28H,2,6,11-15,18-19H2. The molecule has 0 nitrogen and oxygen atoms in total. The molecule has 0 N–H and O–H groups in total. The van der Waals surface area contributed by atoms with Gasteiger partial charge < -0.3 is 0 Å². The van der Waals surface area contributed by atoms with E-state index in [2.05, 4.69) is 91.0 Å². The van der Waals surface area contributed by atoms with E-state index in [1.54, 1.807) is 38.8 Å². The normalized spacial score (nSPS) is 20.8.